The number of carbonyl (C=O) groups excluding carboxylic acids is 1. The fourth-order valence-electron chi connectivity index (χ4n) is 2.71. The quantitative estimate of drug-likeness (QED) is 0.423. The molecule has 0 radical (unpaired) electrons. The van der Waals surface area contributed by atoms with Crippen molar-refractivity contribution >= 4 is 66.4 Å². The van der Waals surface area contributed by atoms with Crippen LogP contribution in [0, 0.1) is 0 Å². The molecule has 4 rings (SSSR count). The number of hydrogen-bond acceptors (Lipinski definition) is 7. The van der Waals surface area contributed by atoms with Crippen LogP contribution >= 0.6 is 34.5 Å². The first kappa shape index (κ1) is 20.5. The maximum Gasteiger partial charge on any atom is 0.396 e. The van der Waals surface area contributed by atoms with Crippen molar-refractivity contribution in [3.63, 3.8) is 0 Å². The molecule has 0 bridgehead atoms. The zero-order chi connectivity index (χ0) is 21.5. The van der Waals surface area contributed by atoms with E-state index in [-0.39, 0.29) is 31.8 Å². The van der Waals surface area contributed by atoms with E-state index in [2.05, 4.69) is 4.98 Å². The van der Waals surface area contributed by atoms with Crippen LogP contribution in [0.2, 0.25) is 10.0 Å². The van der Waals surface area contributed by atoms with Crippen molar-refractivity contribution in [2.75, 3.05) is 4.31 Å². The molecule has 2 aromatic carbocycles. The number of anilines is 1. The lowest BCUT2D eigenvalue weighted by atomic mass is 10.2. The molecule has 30 heavy (non-hydrogen) atoms. The fourth-order valence-corrected chi connectivity index (χ4v) is 5.20. The highest BCUT2D eigenvalue weighted by atomic mass is 35.5. The van der Waals surface area contributed by atoms with Crippen LogP contribution in [0.3, 0.4) is 0 Å². The van der Waals surface area contributed by atoms with Crippen molar-refractivity contribution in [1.82, 2.24) is 4.98 Å². The molecule has 0 fully saturated rings. The molecule has 4 aromatic rings. The molecule has 0 saturated heterocycles. The van der Waals surface area contributed by atoms with E-state index in [9.17, 15) is 18.0 Å². The van der Waals surface area contributed by atoms with E-state index in [1.54, 1.807) is 0 Å². The zero-order valence-electron chi connectivity index (χ0n) is 14.8. The van der Waals surface area contributed by atoms with Gasteiger partial charge in [0.15, 0.2) is 0 Å². The second-order valence-electron chi connectivity index (χ2n) is 5.97. The number of carbonyl (C=O) groups is 1. The highest BCUT2D eigenvalue weighted by molar-refractivity contribution is 7.93. The van der Waals surface area contributed by atoms with E-state index in [1.807, 2.05) is 0 Å². The van der Waals surface area contributed by atoms with Crippen LogP contribution in [0.15, 0.2) is 75.0 Å². The van der Waals surface area contributed by atoms with Gasteiger partial charge in [-0.15, -0.1) is 0 Å². The molecular weight excluding hydrogens is 471 g/mol. The summed E-state index contributed by atoms with van der Waals surface area (Å²) in [6.07, 6.45) is 2.75. The summed E-state index contributed by atoms with van der Waals surface area (Å²) in [6, 6.07) is 10.8. The molecule has 1 amide bonds. The summed E-state index contributed by atoms with van der Waals surface area (Å²) in [5, 5.41) is 0.199. The number of sulfonamides is 1. The third-order valence-electron chi connectivity index (χ3n) is 4.09. The van der Waals surface area contributed by atoms with E-state index in [4.69, 9.17) is 27.6 Å². The van der Waals surface area contributed by atoms with Crippen LogP contribution in [-0.2, 0) is 10.0 Å². The Morgan fingerprint density at radius 2 is 1.73 bits per heavy atom. The average molecular weight is 481 g/mol. The van der Waals surface area contributed by atoms with Crippen molar-refractivity contribution in [1.29, 1.82) is 0 Å². The molecule has 0 spiro atoms. The second-order valence-corrected chi connectivity index (χ2v) is 9.55. The van der Waals surface area contributed by atoms with E-state index in [1.165, 1.54) is 60.9 Å². The fraction of sp³-hybridized carbons (Fsp3) is 0. The van der Waals surface area contributed by atoms with Crippen molar-refractivity contribution in [3.05, 3.63) is 86.3 Å². The number of halogens is 2. The van der Waals surface area contributed by atoms with Gasteiger partial charge in [0.05, 0.1) is 25.3 Å². The van der Waals surface area contributed by atoms with Crippen molar-refractivity contribution in [2.45, 2.75) is 4.90 Å². The summed E-state index contributed by atoms with van der Waals surface area (Å²) in [5.74, 6) is -0.807. The number of hydrogen-bond donors (Lipinski definition) is 0. The third kappa shape index (κ3) is 3.72. The van der Waals surface area contributed by atoms with Crippen LogP contribution in [0.25, 0.3) is 10.3 Å². The predicted molar refractivity (Wildman–Crippen MR) is 115 cm³/mol. The first-order chi connectivity index (χ1) is 14.3. The van der Waals surface area contributed by atoms with E-state index >= 15 is 0 Å². The molecule has 2 heterocycles. The Labute approximate surface area is 184 Å². The van der Waals surface area contributed by atoms with Crippen molar-refractivity contribution < 1.29 is 17.6 Å². The van der Waals surface area contributed by atoms with E-state index < -0.39 is 20.9 Å². The number of benzene rings is 2. The number of nitrogens with zero attached hydrogens (tertiary/aromatic N) is 2. The van der Waals surface area contributed by atoms with Gasteiger partial charge in [-0.3, -0.25) is 9.78 Å². The molecule has 0 aliphatic heterocycles. The summed E-state index contributed by atoms with van der Waals surface area (Å²) in [6.45, 7) is 0. The maximum atomic E-state index is 13.5. The standard InChI is InChI=1S/C19H10Cl2N2O5S2/c20-14-3-2-13(10-15(14)21)30(26,27)23(18(24)11-5-7-22-8-6-11)12-1-4-16-17(9-12)29-19(25)28-16/h1-10H. The minimum Gasteiger partial charge on any atom is -0.414 e. The van der Waals surface area contributed by atoms with Gasteiger partial charge in [0.1, 0.15) is 5.58 Å². The molecule has 0 aliphatic carbocycles. The van der Waals surface area contributed by atoms with Gasteiger partial charge in [0, 0.05) is 18.0 Å². The summed E-state index contributed by atoms with van der Waals surface area (Å²) in [7, 11) is -4.39. The molecule has 0 saturated carbocycles. The molecule has 7 nitrogen and oxygen atoms in total. The molecule has 152 valence electrons. The number of aromatic nitrogens is 1. The summed E-state index contributed by atoms with van der Waals surface area (Å²) in [4.78, 5) is 27.9. The lowest BCUT2D eigenvalue weighted by Crippen LogP contribution is -2.37. The second kappa shape index (κ2) is 7.84. The van der Waals surface area contributed by atoms with Crippen LogP contribution in [-0.4, -0.2) is 19.3 Å². The SMILES string of the molecule is O=C(c1ccncc1)N(c1ccc2oc(=O)sc2c1)S(=O)(=O)c1ccc(Cl)c(Cl)c1. The molecule has 0 unspecified atom stereocenters. The van der Waals surface area contributed by atoms with Gasteiger partial charge in [-0.1, -0.05) is 34.5 Å². The molecule has 0 atom stereocenters. The largest absolute Gasteiger partial charge is 0.414 e. The van der Waals surface area contributed by atoms with Gasteiger partial charge >= 0.3 is 4.94 Å². The van der Waals surface area contributed by atoms with Crippen LogP contribution in [0.5, 0.6) is 0 Å². The monoisotopic (exact) mass is 480 g/mol. The minimum atomic E-state index is -4.39. The molecule has 11 heteroatoms. The van der Waals surface area contributed by atoms with E-state index in [0.717, 1.165) is 11.3 Å². The van der Waals surface area contributed by atoms with Gasteiger partial charge in [-0.2, -0.15) is 4.31 Å². The molecule has 0 N–H and O–H groups in total. The van der Waals surface area contributed by atoms with E-state index in [0.29, 0.717) is 9.01 Å². The van der Waals surface area contributed by atoms with Gasteiger partial charge in [-0.25, -0.2) is 13.2 Å². The number of rotatable bonds is 4. The first-order valence-electron chi connectivity index (χ1n) is 8.26. The van der Waals surface area contributed by atoms with Crippen LogP contribution in [0.1, 0.15) is 10.4 Å². The maximum absolute atomic E-state index is 13.5. The number of pyridine rings is 1. The Balaban J connectivity index is 1.93. The van der Waals surface area contributed by atoms with Crippen LogP contribution in [0.4, 0.5) is 5.69 Å². The Hall–Kier alpha value is -2.72. The average Bonchev–Trinajstić information content (AvgIpc) is 3.10. The summed E-state index contributed by atoms with van der Waals surface area (Å²) in [5.41, 5.74) is 0.429. The molecular formula is C19H10Cl2N2O5S2. The summed E-state index contributed by atoms with van der Waals surface area (Å²) >= 11 is 12.7. The topological polar surface area (TPSA) is 97.6 Å². The zero-order valence-corrected chi connectivity index (χ0v) is 17.9. The van der Waals surface area contributed by atoms with Gasteiger partial charge in [0.2, 0.25) is 0 Å². The lowest BCUT2D eigenvalue weighted by molar-refractivity contribution is 0.101. The Morgan fingerprint density at radius 1 is 1.00 bits per heavy atom. The molecule has 0 aliphatic rings. The smallest absolute Gasteiger partial charge is 0.396 e. The Kier molecular flexibility index (Phi) is 5.37. The van der Waals surface area contributed by atoms with Crippen LogP contribution < -0.4 is 9.24 Å². The molecule has 2 aromatic heterocycles. The van der Waals surface area contributed by atoms with Gasteiger partial charge in [0.25, 0.3) is 15.9 Å². The summed E-state index contributed by atoms with van der Waals surface area (Å²) < 4.78 is 33.0. The minimum absolute atomic E-state index is 0.0255. The normalized spacial score (nSPS) is 11.5. The Morgan fingerprint density at radius 3 is 2.43 bits per heavy atom. The third-order valence-corrected chi connectivity index (χ3v) is 7.32. The van der Waals surface area contributed by atoms with Crippen molar-refractivity contribution in [2.24, 2.45) is 0 Å². The van der Waals surface area contributed by atoms with Crippen molar-refractivity contribution in [3.8, 4) is 0 Å². The highest BCUT2D eigenvalue weighted by Crippen LogP contribution is 2.32. The highest BCUT2D eigenvalue weighted by Gasteiger charge is 2.32. The predicted octanol–water partition coefficient (Wildman–Crippen LogP) is 4.59. The lowest BCUT2D eigenvalue weighted by Gasteiger charge is -2.23. The van der Waals surface area contributed by atoms with Gasteiger partial charge in [-0.05, 0) is 48.5 Å². The Bertz CT molecular complexity index is 1430. The first-order valence-corrected chi connectivity index (χ1v) is 11.3. The van der Waals surface area contributed by atoms with Gasteiger partial charge < -0.3 is 4.42 Å². The number of fused-ring (bicyclic) bond motifs is 1. The number of amides is 1.